The van der Waals surface area contributed by atoms with Crippen LogP contribution in [0.5, 0.6) is 17.2 Å². The molecule has 0 saturated carbocycles. The molecule has 0 radical (unpaired) electrons. The second-order valence-electron chi connectivity index (χ2n) is 7.36. The van der Waals surface area contributed by atoms with E-state index in [1.54, 1.807) is 24.4 Å². The summed E-state index contributed by atoms with van der Waals surface area (Å²) in [5, 5.41) is 12.2. The van der Waals surface area contributed by atoms with Crippen molar-refractivity contribution in [2.75, 3.05) is 21.3 Å². The van der Waals surface area contributed by atoms with Crippen molar-refractivity contribution >= 4 is 11.9 Å². The van der Waals surface area contributed by atoms with E-state index in [0.29, 0.717) is 33.9 Å². The lowest BCUT2D eigenvalue weighted by Gasteiger charge is -2.19. The van der Waals surface area contributed by atoms with Gasteiger partial charge in [-0.15, -0.1) is 0 Å². The number of aromatic nitrogens is 1. The number of hydrogen-bond acceptors (Lipinski definition) is 6. The summed E-state index contributed by atoms with van der Waals surface area (Å²) in [6, 6.07) is 11.9. The molecule has 3 rings (SSSR count). The SMILES string of the molecule is COc1cc(-c2cncc(C(=O)N[C@@H](CC(=O)O)c3ccccc3C)c2)cc(OC)c1OC. The molecule has 3 aromatic rings. The number of amides is 1. The molecule has 2 N–H and O–H groups in total. The predicted octanol–water partition coefficient (Wildman–Crippen LogP) is 4.03. The molecule has 0 aliphatic heterocycles. The molecule has 0 unspecified atom stereocenters. The smallest absolute Gasteiger partial charge is 0.305 e. The van der Waals surface area contributed by atoms with Gasteiger partial charge in [0.15, 0.2) is 11.5 Å². The maximum Gasteiger partial charge on any atom is 0.305 e. The number of rotatable bonds is 9. The van der Waals surface area contributed by atoms with Gasteiger partial charge in [0.05, 0.1) is 39.4 Å². The highest BCUT2D eigenvalue weighted by Gasteiger charge is 2.21. The molecule has 0 fully saturated rings. The van der Waals surface area contributed by atoms with E-state index in [9.17, 15) is 14.7 Å². The number of carbonyl (C=O) groups excluding carboxylic acids is 1. The normalized spacial score (nSPS) is 11.4. The lowest BCUT2D eigenvalue weighted by atomic mass is 9.98. The molecule has 1 atom stereocenters. The summed E-state index contributed by atoms with van der Waals surface area (Å²) < 4.78 is 16.2. The lowest BCUT2D eigenvalue weighted by molar-refractivity contribution is -0.137. The van der Waals surface area contributed by atoms with Crippen LogP contribution >= 0.6 is 0 Å². The van der Waals surface area contributed by atoms with Crippen LogP contribution in [0.15, 0.2) is 54.9 Å². The Kier molecular flexibility index (Phi) is 7.50. The van der Waals surface area contributed by atoms with Gasteiger partial charge in [-0.2, -0.15) is 0 Å². The molecule has 0 saturated heterocycles. The first-order valence-corrected chi connectivity index (χ1v) is 10.2. The average Bonchev–Trinajstić information content (AvgIpc) is 2.82. The minimum absolute atomic E-state index is 0.239. The quantitative estimate of drug-likeness (QED) is 0.507. The van der Waals surface area contributed by atoms with E-state index in [4.69, 9.17) is 14.2 Å². The number of hydrogen-bond donors (Lipinski definition) is 2. The molecule has 1 heterocycles. The number of carboxylic acids is 1. The van der Waals surface area contributed by atoms with Crippen molar-refractivity contribution in [3.05, 3.63) is 71.5 Å². The third-order valence-corrected chi connectivity index (χ3v) is 5.25. The van der Waals surface area contributed by atoms with E-state index < -0.39 is 17.9 Å². The van der Waals surface area contributed by atoms with Gasteiger partial charge in [-0.25, -0.2) is 0 Å². The zero-order valence-corrected chi connectivity index (χ0v) is 18.9. The minimum atomic E-state index is -1.01. The van der Waals surface area contributed by atoms with E-state index in [1.165, 1.54) is 27.5 Å². The molecule has 1 aromatic heterocycles. The van der Waals surface area contributed by atoms with E-state index in [-0.39, 0.29) is 6.42 Å². The Balaban J connectivity index is 1.93. The Hall–Kier alpha value is -4.07. The van der Waals surface area contributed by atoms with Crippen LogP contribution in [0.3, 0.4) is 0 Å². The lowest BCUT2D eigenvalue weighted by Crippen LogP contribution is -2.30. The first kappa shape index (κ1) is 23.6. The van der Waals surface area contributed by atoms with Crippen molar-refractivity contribution in [3.63, 3.8) is 0 Å². The van der Waals surface area contributed by atoms with Crippen LogP contribution in [0.25, 0.3) is 11.1 Å². The predicted molar refractivity (Wildman–Crippen MR) is 123 cm³/mol. The standard InChI is InChI=1S/C25H26N2O6/c1-15-7-5-6-8-19(15)20(12-23(28)29)27-25(30)18-9-17(13-26-14-18)16-10-21(31-2)24(33-4)22(11-16)32-3/h5-11,13-14,20H,12H2,1-4H3,(H,27,30)(H,28,29)/t20-/m0/s1. The van der Waals surface area contributed by atoms with E-state index in [0.717, 1.165) is 11.1 Å². The average molecular weight is 450 g/mol. The van der Waals surface area contributed by atoms with Crippen molar-refractivity contribution in [3.8, 4) is 28.4 Å². The summed E-state index contributed by atoms with van der Waals surface area (Å²) in [5.74, 6) is -0.0231. The second-order valence-corrected chi connectivity index (χ2v) is 7.36. The molecule has 0 aliphatic rings. The number of carboxylic acid groups (broad SMARTS) is 1. The first-order valence-electron chi connectivity index (χ1n) is 10.2. The maximum atomic E-state index is 13.0. The van der Waals surface area contributed by atoms with Crippen LogP contribution in [0.1, 0.15) is 33.9 Å². The monoisotopic (exact) mass is 450 g/mol. The minimum Gasteiger partial charge on any atom is -0.493 e. The summed E-state index contributed by atoms with van der Waals surface area (Å²) in [7, 11) is 4.57. The highest BCUT2D eigenvalue weighted by Crippen LogP contribution is 2.41. The van der Waals surface area contributed by atoms with Crippen molar-refractivity contribution in [2.45, 2.75) is 19.4 Å². The molecule has 0 bridgehead atoms. The number of aryl methyl sites for hydroxylation is 1. The molecule has 172 valence electrons. The fraction of sp³-hybridized carbons (Fsp3) is 0.240. The highest BCUT2D eigenvalue weighted by molar-refractivity contribution is 5.95. The fourth-order valence-corrected chi connectivity index (χ4v) is 3.60. The summed E-state index contributed by atoms with van der Waals surface area (Å²) in [6.45, 7) is 1.88. The first-order chi connectivity index (χ1) is 15.9. The molecular weight excluding hydrogens is 424 g/mol. The summed E-state index contributed by atoms with van der Waals surface area (Å²) >= 11 is 0. The van der Waals surface area contributed by atoms with Gasteiger partial charge in [0.25, 0.3) is 5.91 Å². The van der Waals surface area contributed by atoms with Crippen molar-refractivity contribution in [1.82, 2.24) is 10.3 Å². The molecule has 33 heavy (non-hydrogen) atoms. The largest absolute Gasteiger partial charge is 0.493 e. The van der Waals surface area contributed by atoms with Crippen LogP contribution in [0.2, 0.25) is 0 Å². The number of benzene rings is 2. The van der Waals surface area contributed by atoms with E-state index in [1.807, 2.05) is 31.2 Å². The molecule has 2 aromatic carbocycles. The summed E-state index contributed by atoms with van der Waals surface area (Å²) in [5.41, 5.74) is 3.32. The Labute approximate surface area is 192 Å². The number of aliphatic carboxylic acids is 1. The molecule has 1 amide bonds. The van der Waals surface area contributed by atoms with Gasteiger partial charge in [0.1, 0.15) is 0 Å². The molecular formula is C25H26N2O6. The molecule has 0 aliphatic carbocycles. The second kappa shape index (κ2) is 10.5. The van der Waals surface area contributed by atoms with Gasteiger partial charge in [-0.05, 0) is 41.8 Å². The Morgan fingerprint density at radius 1 is 0.970 bits per heavy atom. The maximum absolute atomic E-state index is 13.0. The van der Waals surface area contributed by atoms with E-state index >= 15 is 0 Å². The van der Waals surface area contributed by atoms with Gasteiger partial charge >= 0.3 is 5.97 Å². The number of nitrogens with zero attached hydrogens (tertiary/aromatic N) is 1. The fourth-order valence-electron chi connectivity index (χ4n) is 3.60. The molecule has 8 nitrogen and oxygen atoms in total. The number of ether oxygens (including phenoxy) is 3. The van der Waals surface area contributed by atoms with Crippen molar-refractivity contribution in [1.29, 1.82) is 0 Å². The van der Waals surface area contributed by atoms with Crippen LogP contribution in [0.4, 0.5) is 0 Å². The summed E-state index contributed by atoms with van der Waals surface area (Å²) in [6.07, 6.45) is 2.82. The molecule has 0 spiro atoms. The van der Waals surface area contributed by atoms with Gasteiger partial charge < -0.3 is 24.6 Å². The zero-order chi connectivity index (χ0) is 24.0. The van der Waals surface area contributed by atoms with Crippen molar-refractivity contribution in [2.24, 2.45) is 0 Å². The van der Waals surface area contributed by atoms with Gasteiger partial charge in [-0.1, -0.05) is 24.3 Å². The number of carbonyl (C=O) groups is 2. The van der Waals surface area contributed by atoms with Gasteiger partial charge in [-0.3, -0.25) is 14.6 Å². The number of methoxy groups -OCH3 is 3. The third kappa shape index (κ3) is 5.41. The highest BCUT2D eigenvalue weighted by atomic mass is 16.5. The Morgan fingerprint density at radius 3 is 2.21 bits per heavy atom. The third-order valence-electron chi connectivity index (χ3n) is 5.25. The topological polar surface area (TPSA) is 107 Å². The van der Waals surface area contributed by atoms with Crippen LogP contribution in [0, 0.1) is 6.92 Å². The summed E-state index contributed by atoms with van der Waals surface area (Å²) in [4.78, 5) is 28.7. The Morgan fingerprint density at radius 2 is 1.64 bits per heavy atom. The number of nitrogens with one attached hydrogen (secondary N) is 1. The van der Waals surface area contributed by atoms with Crippen LogP contribution < -0.4 is 19.5 Å². The Bertz CT molecular complexity index is 1140. The number of pyridine rings is 1. The van der Waals surface area contributed by atoms with Gasteiger partial charge in [0, 0.05) is 18.0 Å². The zero-order valence-electron chi connectivity index (χ0n) is 18.9. The van der Waals surface area contributed by atoms with Crippen molar-refractivity contribution < 1.29 is 28.9 Å². The van der Waals surface area contributed by atoms with Crippen LogP contribution in [-0.4, -0.2) is 43.3 Å². The van der Waals surface area contributed by atoms with Gasteiger partial charge in [0.2, 0.25) is 5.75 Å². The molecule has 8 heteroatoms. The van der Waals surface area contributed by atoms with Crippen LogP contribution in [-0.2, 0) is 4.79 Å². The van der Waals surface area contributed by atoms with E-state index in [2.05, 4.69) is 10.3 Å².